The zero-order chi connectivity index (χ0) is 33.1. The van der Waals surface area contributed by atoms with Crippen molar-refractivity contribution in [2.45, 2.75) is 67.2 Å². The molecule has 0 bridgehead atoms. The lowest BCUT2D eigenvalue weighted by Crippen LogP contribution is -2.18. The van der Waals surface area contributed by atoms with Gasteiger partial charge in [-0.1, -0.05) is 193 Å². The highest BCUT2D eigenvalue weighted by Gasteiger charge is 2.22. The maximum atomic E-state index is 2.28. The summed E-state index contributed by atoms with van der Waals surface area (Å²) < 4.78 is 0. The van der Waals surface area contributed by atoms with Crippen molar-refractivity contribution >= 4 is 0 Å². The number of hydrogen-bond donors (Lipinski definition) is 0. The second kappa shape index (κ2) is 16.1. The zero-order valence-corrected chi connectivity index (χ0v) is 29.1. The molecule has 0 fully saturated rings. The Labute approximate surface area is 278 Å². The molecular weight excluding hydrogens is 553 g/mol. The lowest BCUT2D eigenvalue weighted by Gasteiger charge is -2.26. The van der Waals surface area contributed by atoms with E-state index in [-0.39, 0.29) is 5.41 Å². The number of hydrogen-bond acceptors (Lipinski definition) is 0. The molecule has 234 valence electrons. The highest BCUT2D eigenvalue weighted by Crippen LogP contribution is 2.31. The smallest absolute Gasteiger partial charge is 0.0146 e. The molecule has 0 radical (unpaired) electrons. The van der Waals surface area contributed by atoms with Crippen LogP contribution in [0.4, 0.5) is 0 Å². The Morgan fingerprint density at radius 2 is 0.522 bits per heavy atom. The van der Waals surface area contributed by atoms with Crippen molar-refractivity contribution in [2.24, 2.45) is 0 Å². The third-order valence-corrected chi connectivity index (χ3v) is 8.63. The summed E-state index contributed by atoms with van der Waals surface area (Å²) >= 11 is 0. The van der Waals surface area contributed by atoms with Crippen molar-refractivity contribution in [3.8, 4) is 11.1 Å². The van der Waals surface area contributed by atoms with E-state index < -0.39 is 0 Å². The van der Waals surface area contributed by atoms with Gasteiger partial charge in [-0.05, 0) is 81.3 Å². The van der Waals surface area contributed by atoms with Gasteiger partial charge in [-0.3, -0.25) is 0 Å². The van der Waals surface area contributed by atoms with Crippen LogP contribution in [-0.4, -0.2) is 0 Å². The third-order valence-electron chi connectivity index (χ3n) is 8.63. The summed E-state index contributed by atoms with van der Waals surface area (Å²) in [5.41, 5.74) is 16.0. The first-order valence-electron chi connectivity index (χ1n) is 16.4. The molecule has 0 aliphatic carbocycles. The van der Waals surface area contributed by atoms with Gasteiger partial charge in [0.05, 0.1) is 0 Å². The van der Waals surface area contributed by atoms with Gasteiger partial charge in [0.15, 0.2) is 0 Å². The minimum atomic E-state index is 0.0708. The Bertz CT molecular complexity index is 1610. The maximum absolute atomic E-state index is 2.28. The fourth-order valence-corrected chi connectivity index (χ4v) is 5.25. The molecule has 0 spiro atoms. The van der Waals surface area contributed by atoms with Crippen LogP contribution in [0.3, 0.4) is 0 Å². The van der Waals surface area contributed by atoms with Gasteiger partial charge in [-0.15, -0.1) is 0 Å². The van der Waals surface area contributed by atoms with E-state index in [0.29, 0.717) is 0 Å². The van der Waals surface area contributed by atoms with Gasteiger partial charge >= 0.3 is 0 Å². The molecule has 0 saturated heterocycles. The summed E-state index contributed by atoms with van der Waals surface area (Å²) in [5.74, 6) is 0. The molecular formula is C46H50. The quantitative estimate of drug-likeness (QED) is 0.184. The molecule has 0 heterocycles. The largest absolute Gasteiger partial charge is 0.0590 e. The van der Waals surface area contributed by atoms with Gasteiger partial charge < -0.3 is 0 Å². The first-order valence-corrected chi connectivity index (χ1v) is 16.4. The Morgan fingerprint density at radius 3 is 0.783 bits per heavy atom. The molecule has 0 N–H and O–H groups in total. The predicted octanol–water partition coefficient (Wildman–Crippen LogP) is 12.5. The molecule has 0 unspecified atom stereocenters. The van der Waals surface area contributed by atoms with Crippen molar-refractivity contribution in [1.82, 2.24) is 0 Å². The molecule has 0 aromatic heterocycles. The summed E-state index contributed by atoms with van der Waals surface area (Å²) in [5, 5.41) is 0. The van der Waals surface area contributed by atoms with Crippen molar-refractivity contribution in [1.29, 1.82) is 0 Å². The number of aryl methyl sites for hydroxylation is 6. The first kappa shape index (κ1) is 34.2. The lowest BCUT2D eigenvalue weighted by molar-refractivity contribution is 0.640. The van der Waals surface area contributed by atoms with Crippen LogP contribution in [0, 0.1) is 41.5 Å². The van der Waals surface area contributed by atoms with Crippen molar-refractivity contribution in [3.63, 3.8) is 0 Å². The Morgan fingerprint density at radius 1 is 0.304 bits per heavy atom. The van der Waals surface area contributed by atoms with E-state index in [9.17, 15) is 0 Å². The van der Waals surface area contributed by atoms with E-state index in [0.717, 1.165) is 6.42 Å². The number of rotatable bonds is 5. The van der Waals surface area contributed by atoms with Crippen LogP contribution in [0.15, 0.2) is 146 Å². The van der Waals surface area contributed by atoms with Crippen molar-refractivity contribution in [2.75, 3.05) is 0 Å². The molecule has 0 amide bonds. The monoisotopic (exact) mass is 602 g/mol. The minimum Gasteiger partial charge on any atom is -0.0590 e. The van der Waals surface area contributed by atoms with E-state index in [1.165, 1.54) is 66.8 Å². The zero-order valence-electron chi connectivity index (χ0n) is 29.1. The molecule has 0 aliphatic heterocycles. The fourth-order valence-electron chi connectivity index (χ4n) is 5.25. The fraction of sp³-hybridized carbons (Fsp3) is 0.217. The standard InChI is InChI=1S/C17H20.C15H16.C14H14/c1-13-5-9-15(10-6-13)17(3,4)16-11-7-14(2)8-12-16;1-12-3-7-14(8-4-12)11-15-9-5-13(2)6-10-15;1-11-3-7-13(8-4-11)14-9-5-12(2)6-10-14/h5-12H,1-4H3;3-10H,11H2,1-2H3;3-10H,1-2H3. The molecule has 0 atom stereocenters. The van der Waals surface area contributed by atoms with Gasteiger partial charge in [0.2, 0.25) is 0 Å². The van der Waals surface area contributed by atoms with E-state index >= 15 is 0 Å². The highest BCUT2D eigenvalue weighted by atomic mass is 14.3. The van der Waals surface area contributed by atoms with Crippen LogP contribution in [0.25, 0.3) is 11.1 Å². The van der Waals surface area contributed by atoms with Crippen LogP contribution in [0.1, 0.15) is 69.5 Å². The molecule has 46 heavy (non-hydrogen) atoms. The van der Waals surface area contributed by atoms with Gasteiger partial charge in [-0.25, -0.2) is 0 Å². The van der Waals surface area contributed by atoms with Gasteiger partial charge in [-0.2, -0.15) is 0 Å². The summed E-state index contributed by atoms with van der Waals surface area (Å²) in [6, 6.07) is 52.4. The van der Waals surface area contributed by atoms with Crippen LogP contribution >= 0.6 is 0 Å². The third kappa shape index (κ3) is 10.2. The van der Waals surface area contributed by atoms with Crippen molar-refractivity contribution in [3.05, 3.63) is 201 Å². The molecule has 6 aromatic carbocycles. The van der Waals surface area contributed by atoms with Crippen molar-refractivity contribution < 1.29 is 0 Å². The lowest BCUT2D eigenvalue weighted by atomic mass is 9.78. The summed E-state index contributed by atoms with van der Waals surface area (Å²) in [6.45, 7) is 17.3. The summed E-state index contributed by atoms with van der Waals surface area (Å²) in [4.78, 5) is 0. The Kier molecular flexibility index (Phi) is 11.9. The van der Waals surface area contributed by atoms with E-state index in [4.69, 9.17) is 0 Å². The van der Waals surface area contributed by atoms with E-state index in [1.54, 1.807) is 0 Å². The Hall–Kier alpha value is -4.68. The predicted molar refractivity (Wildman–Crippen MR) is 201 cm³/mol. The minimum absolute atomic E-state index is 0.0708. The molecule has 0 saturated carbocycles. The average molecular weight is 603 g/mol. The summed E-state index contributed by atoms with van der Waals surface area (Å²) in [7, 11) is 0. The average Bonchev–Trinajstić information content (AvgIpc) is 3.05. The first-order chi connectivity index (χ1) is 22.0. The number of benzene rings is 6. The van der Waals surface area contributed by atoms with Crippen LogP contribution in [0.2, 0.25) is 0 Å². The molecule has 6 rings (SSSR count). The van der Waals surface area contributed by atoms with Gasteiger partial charge in [0, 0.05) is 5.41 Å². The second-order valence-corrected chi connectivity index (χ2v) is 13.2. The summed E-state index contributed by atoms with van der Waals surface area (Å²) in [6.07, 6.45) is 1.03. The van der Waals surface area contributed by atoms with Gasteiger partial charge in [0.25, 0.3) is 0 Å². The van der Waals surface area contributed by atoms with Crippen LogP contribution in [0.5, 0.6) is 0 Å². The molecule has 0 nitrogen and oxygen atoms in total. The molecule has 0 aliphatic rings. The highest BCUT2D eigenvalue weighted by molar-refractivity contribution is 5.63. The van der Waals surface area contributed by atoms with E-state index in [1.807, 2.05) is 0 Å². The van der Waals surface area contributed by atoms with Crippen LogP contribution < -0.4 is 0 Å². The topological polar surface area (TPSA) is 0 Å². The normalized spacial score (nSPS) is 10.7. The maximum Gasteiger partial charge on any atom is 0.0146 e. The molecule has 0 heteroatoms. The molecule has 6 aromatic rings. The van der Waals surface area contributed by atoms with Crippen LogP contribution in [-0.2, 0) is 11.8 Å². The van der Waals surface area contributed by atoms with Gasteiger partial charge in [0.1, 0.15) is 0 Å². The van der Waals surface area contributed by atoms with E-state index in [2.05, 4.69) is 201 Å². The Balaban J connectivity index is 0.000000157. The second-order valence-electron chi connectivity index (χ2n) is 13.2. The SMILES string of the molecule is Cc1ccc(-c2ccc(C)cc2)cc1.Cc1ccc(C(C)(C)c2ccc(C)cc2)cc1.Cc1ccc(Cc2ccc(C)cc2)cc1.